The van der Waals surface area contributed by atoms with E-state index in [4.69, 9.17) is 4.74 Å². The molecule has 0 aliphatic rings. The van der Waals surface area contributed by atoms with Crippen LogP contribution < -0.4 is 4.74 Å². The highest BCUT2D eigenvalue weighted by molar-refractivity contribution is 5.85. The molecule has 0 saturated heterocycles. The summed E-state index contributed by atoms with van der Waals surface area (Å²) in [7, 11) is 1.60. The average molecular weight is 327 g/mol. The summed E-state index contributed by atoms with van der Waals surface area (Å²) in [4.78, 5) is 8.68. The van der Waals surface area contributed by atoms with E-state index in [0.29, 0.717) is 5.88 Å². The van der Waals surface area contributed by atoms with Crippen molar-refractivity contribution in [2.24, 2.45) is 4.99 Å². The quantitative estimate of drug-likeness (QED) is 0.506. The number of hydrogen-bond donors (Lipinski definition) is 0. The van der Waals surface area contributed by atoms with Crippen LogP contribution in [0.3, 0.4) is 0 Å². The summed E-state index contributed by atoms with van der Waals surface area (Å²) in [5.41, 5.74) is 2.90. The first kappa shape index (κ1) is 15.1. The molecule has 0 aliphatic heterocycles. The molecule has 2 aromatic carbocycles. The van der Waals surface area contributed by atoms with E-state index in [9.17, 15) is 0 Å². The first-order valence-corrected chi connectivity index (χ1v) is 8.04. The molecule has 0 spiro atoms. The monoisotopic (exact) mass is 327 g/mol. The van der Waals surface area contributed by atoms with Crippen LogP contribution in [0.5, 0.6) is 5.88 Å². The van der Waals surface area contributed by atoms with Crippen molar-refractivity contribution in [3.63, 3.8) is 0 Å². The first-order valence-electron chi connectivity index (χ1n) is 8.04. The maximum Gasteiger partial charge on any atom is 0.213 e. The zero-order chi connectivity index (χ0) is 17.1. The Morgan fingerprint density at radius 3 is 2.64 bits per heavy atom. The minimum Gasteiger partial charge on any atom is -0.481 e. The molecule has 122 valence electrons. The minimum atomic E-state index is 0.582. The van der Waals surface area contributed by atoms with Gasteiger partial charge in [-0.1, -0.05) is 30.3 Å². The summed E-state index contributed by atoms with van der Waals surface area (Å²) in [6.07, 6.45) is 5.58. The standard InChI is InChI=1S/C21H17N3O/c1-25-21-11-9-18(14-23-21)22-15-20-7-4-12-24(20)19-10-8-16-5-2-3-6-17(16)13-19/h2-15H,1H3. The zero-order valence-corrected chi connectivity index (χ0v) is 13.8. The normalized spacial score (nSPS) is 11.2. The molecule has 0 radical (unpaired) electrons. The molecule has 0 atom stereocenters. The maximum atomic E-state index is 5.06. The van der Waals surface area contributed by atoms with Gasteiger partial charge in [-0.25, -0.2) is 4.98 Å². The summed E-state index contributed by atoms with van der Waals surface area (Å²) >= 11 is 0. The van der Waals surface area contributed by atoms with Crippen LogP contribution in [0.2, 0.25) is 0 Å². The van der Waals surface area contributed by atoms with Gasteiger partial charge in [0.05, 0.1) is 30.9 Å². The van der Waals surface area contributed by atoms with Gasteiger partial charge in [-0.05, 0) is 41.1 Å². The van der Waals surface area contributed by atoms with Crippen molar-refractivity contribution in [3.05, 3.63) is 84.8 Å². The fourth-order valence-corrected chi connectivity index (χ4v) is 2.77. The summed E-state index contributed by atoms with van der Waals surface area (Å²) in [6.45, 7) is 0. The molecule has 2 aromatic heterocycles. The highest BCUT2D eigenvalue weighted by atomic mass is 16.5. The third kappa shape index (κ3) is 3.15. The predicted molar refractivity (Wildman–Crippen MR) is 101 cm³/mol. The van der Waals surface area contributed by atoms with Crippen LogP contribution in [-0.2, 0) is 0 Å². The van der Waals surface area contributed by atoms with Gasteiger partial charge < -0.3 is 9.30 Å². The van der Waals surface area contributed by atoms with Gasteiger partial charge in [-0.2, -0.15) is 0 Å². The fourth-order valence-electron chi connectivity index (χ4n) is 2.77. The third-order valence-electron chi connectivity index (χ3n) is 4.07. The second kappa shape index (κ2) is 6.61. The van der Waals surface area contributed by atoms with Gasteiger partial charge in [-0.3, -0.25) is 4.99 Å². The zero-order valence-electron chi connectivity index (χ0n) is 13.8. The number of hydrogen-bond acceptors (Lipinski definition) is 3. The fraction of sp³-hybridized carbons (Fsp3) is 0.0476. The SMILES string of the molecule is COc1ccc(N=Cc2cccn2-c2ccc3ccccc3c2)cn1. The first-order chi connectivity index (χ1) is 12.3. The Balaban J connectivity index is 1.65. The van der Waals surface area contributed by atoms with Gasteiger partial charge in [0.1, 0.15) is 0 Å². The van der Waals surface area contributed by atoms with E-state index in [0.717, 1.165) is 17.1 Å². The molecule has 0 unspecified atom stereocenters. The van der Waals surface area contributed by atoms with Crippen molar-refractivity contribution in [2.75, 3.05) is 7.11 Å². The molecule has 0 amide bonds. The Bertz CT molecular complexity index is 1030. The van der Waals surface area contributed by atoms with Gasteiger partial charge >= 0.3 is 0 Å². The van der Waals surface area contributed by atoms with Crippen molar-refractivity contribution in [1.29, 1.82) is 0 Å². The maximum absolute atomic E-state index is 5.06. The van der Waals surface area contributed by atoms with Crippen molar-refractivity contribution < 1.29 is 4.74 Å². The second-order valence-electron chi connectivity index (χ2n) is 5.65. The Morgan fingerprint density at radius 2 is 1.84 bits per heavy atom. The number of nitrogens with zero attached hydrogens (tertiary/aromatic N) is 3. The molecule has 0 N–H and O–H groups in total. The lowest BCUT2D eigenvalue weighted by atomic mass is 10.1. The summed E-state index contributed by atoms with van der Waals surface area (Å²) in [5.74, 6) is 0.582. The smallest absolute Gasteiger partial charge is 0.213 e. The van der Waals surface area contributed by atoms with E-state index in [-0.39, 0.29) is 0 Å². The number of fused-ring (bicyclic) bond motifs is 1. The van der Waals surface area contributed by atoms with Crippen molar-refractivity contribution in [2.45, 2.75) is 0 Å². The van der Waals surface area contributed by atoms with Crippen LogP contribution in [0, 0.1) is 0 Å². The Hall–Kier alpha value is -3.40. The molecule has 0 fully saturated rings. The summed E-state index contributed by atoms with van der Waals surface area (Å²) in [5, 5.41) is 2.45. The Labute approximate surface area is 146 Å². The van der Waals surface area contributed by atoms with E-state index >= 15 is 0 Å². The number of benzene rings is 2. The molecule has 4 nitrogen and oxygen atoms in total. The van der Waals surface area contributed by atoms with Gasteiger partial charge in [-0.15, -0.1) is 0 Å². The van der Waals surface area contributed by atoms with Crippen molar-refractivity contribution in [1.82, 2.24) is 9.55 Å². The Kier molecular flexibility index (Phi) is 4.01. The molecular formula is C21H17N3O. The molecule has 0 saturated carbocycles. The van der Waals surface area contributed by atoms with Gasteiger partial charge in [0.2, 0.25) is 5.88 Å². The van der Waals surface area contributed by atoms with E-state index in [1.54, 1.807) is 19.4 Å². The highest BCUT2D eigenvalue weighted by Crippen LogP contribution is 2.20. The third-order valence-corrected chi connectivity index (χ3v) is 4.07. The average Bonchev–Trinajstić information content (AvgIpc) is 3.15. The summed E-state index contributed by atoms with van der Waals surface area (Å²) < 4.78 is 7.18. The van der Waals surface area contributed by atoms with Gasteiger partial charge in [0.15, 0.2) is 0 Å². The molecule has 0 bridgehead atoms. The van der Waals surface area contributed by atoms with E-state index in [2.05, 4.69) is 57.0 Å². The number of ether oxygens (including phenoxy) is 1. The lowest BCUT2D eigenvalue weighted by Gasteiger charge is -2.08. The molecule has 25 heavy (non-hydrogen) atoms. The van der Waals surface area contributed by atoms with Crippen LogP contribution in [0.25, 0.3) is 16.5 Å². The van der Waals surface area contributed by atoms with Gasteiger partial charge in [0, 0.05) is 18.0 Å². The Morgan fingerprint density at radius 1 is 0.960 bits per heavy atom. The number of aromatic nitrogens is 2. The summed E-state index contributed by atoms with van der Waals surface area (Å²) in [6, 6.07) is 22.5. The lowest BCUT2D eigenvalue weighted by Crippen LogP contribution is -1.97. The molecular weight excluding hydrogens is 310 g/mol. The van der Waals surface area contributed by atoms with Crippen LogP contribution in [-0.4, -0.2) is 22.9 Å². The van der Waals surface area contributed by atoms with Crippen LogP contribution >= 0.6 is 0 Å². The van der Waals surface area contributed by atoms with Crippen LogP contribution in [0.15, 0.2) is 84.1 Å². The van der Waals surface area contributed by atoms with E-state index in [1.165, 1.54) is 10.8 Å². The number of aliphatic imine (C=N–C) groups is 1. The number of rotatable bonds is 4. The van der Waals surface area contributed by atoms with Crippen LogP contribution in [0.1, 0.15) is 5.69 Å². The van der Waals surface area contributed by atoms with Crippen molar-refractivity contribution in [3.8, 4) is 11.6 Å². The van der Waals surface area contributed by atoms with E-state index in [1.807, 2.05) is 30.6 Å². The number of pyridine rings is 1. The molecule has 4 aromatic rings. The largest absolute Gasteiger partial charge is 0.481 e. The van der Waals surface area contributed by atoms with Crippen LogP contribution in [0.4, 0.5) is 5.69 Å². The van der Waals surface area contributed by atoms with E-state index < -0.39 is 0 Å². The molecule has 4 rings (SSSR count). The molecule has 4 heteroatoms. The molecule has 0 aliphatic carbocycles. The van der Waals surface area contributed by atoms with Gasteiger partial charge in [0.25, 0.3) is 0 Å². The number of methoxy groups -OCH3 is 1. The predicted octanol–water partition coefficient (Wildman–Crippen LogP) is 4.78. The molecule has 2 heterocycles. The topological polar surface area (TPSA) is 39.4 Å². The second-order valence-corrected chi connectivity index (χ2v) is 5.65. The minimum absolute atomic E-state index is 0.582. The van der Waals surface area contributed by atoms with Crippen molar-refractivity contribution >= 4 is 22.7 Å². The lowest BCUT2D eigenvalue weighted by molar-refractivity contribution is 0.398. The highest BCUT2D eigenvalue weighted by Gasteiger charge is 2.03.